The first kappa shape index (κ1) is 22.9. The Hall–Kier alpha value is -0.380. The SMILES string of the molecule is CC(OC(=O)OCC(Cl)(Cl)Cl)C1C(=O)NC1[S+](Cc1ccccc1)C(=S)S. The third kappa shape index (κ3) is 6.87. The molecule has 4 unspecified atom stereocenters. The minimum absolute atomic E-state index is 0.225. The molecule has 0 spiro atoms. The van der Waals surface area contributed by atoms with E-state index in [4.69, 9.17) is 56.5 Å². The number of thiol groups is 1. The van der Waals surface area contributed by atoms with Crippen molar-refractivity contribution >= 4 is 86.1 Å². The van der Waals surface area contributed by atoms with Crippen molar-refractivity contribution in [2.75, 3.05) is 6.61 Å². The number of carbonyl (C=O) groups excluding carboxylic acids is 2. The second kappa shape index (κ2) is 9.89. The van der Waals surface area contributed by atoms with E-state index in [2.05, 4.69) is 17.9 Å². The molecule has 1 heterocycles. The predicted octanol–water partition coefficient (Wildman–Crippen LogP) is 4.00. The molecule has 11 heteroatoms. The number of carbonyl (C=O) groups is 2. The number of alkyl halides is 3. The molecule has 0 bridgehead atoms. The van der Waals surface area contributed by atoms with Gasteiger partial charge in [0.25, 0.3) is 3.53 Å². The van der Waals surface area contributed by atoms with Gasteiger partial charge in [-0.05, 0) is 19.1 Å². The first-order valence-corrected chi connectivity index (χ1v) is 11.2. The molecule has 1 N–H and O–H groups in total. The molecular weight excluding hydrogens is 473 g/mol. The van der Waals surface area contributed by atoms with Gasteiger partial charge in [0.2, 0.25) is 15.1 Å². The minimum atomic E-state index is -1.74. The lowest BCUT2D eigenvalue weighted by Gasteiger charge is -2.37. The lowest BCUT2D eigenvalue weighted by atomic mass is 9.96. The van der Waals surface area contributed by atoms with E-state index in [1.54, 1.807) is 6.92 Å². The first-order chi connectivity index (χ1) is 12.6. The lowest BCUT2D eigenvalue weighted by molar-refractivity contribution is -0.137. The quantitative estimate of drug-likeness (QED) is 0.158. The van der Waals surface area contributed by atoms with Gasteiger partial charge in [-0.3, -0.25) is 4.79 Å². The van der Waals surface area contributed by atoms with Gasteiger partial charge in [0.1, 0.15) is 24.4 Å². The fraction of sp³-hybridized carbons (Fsp3) is 0.438. The van der Waals surface area contributed by atoms with Crippen molar-refractivity contribution in [3.05, 3.63) is 35.9 Å². The van der Waals surface area contributed by atoms with Crippen LogP contribution in [-0.2, 0) is 30.9 Å². The molecule has 148 valence electrons. The summed E-state index contributed by atoms with van der Waals surface area (Å²) in [6, 6.07) is 9.75. The number of ether oxygens (including phenoxy) is 2. The maximum absolute atomic E-state index is 12.1. The van der Waals surface area contributed by atoms with Crippen LogP contribution in [0.25, 0.3) is 0 Å². The van der Waals surface area contributed by atoms with Gasteiger partial charge in [-0.25, -0.2) is 4.79 Å². The number of hydrogen-bond donors (Lipinski definition) is 2. The Morgan fingerprint density at radius 3 is 2.52 bits per heavy atom. The molecule has 0 aromatic heterocycles. The second-order valence-corrected chi connectivity index (χ2v) is 12.1. The third-order valence-electron chi connectivity index (χ3n) is 3.75. The predicted molar refractivity (Wildman–Crippen MR) is 117 cm³/mol. The molecule has 1 aliphatic heterocycles. The van der Waals surface area contributed by atoms with Crippen LogP contribution in [0.5, 0.6) is 0 Å². The zero-order valence-corrected chi connectivity index (χ0v) is 18.9. The standard InChI is InChI=1S/C16H16Cl3NO4S3/c1-9(24-14(22)23-8-16(17,18)19)11-12(21)20-13(11)27(15(25)26)7-10-5-3-2-4-6-10/h2-6,9,11,13H,7-8H2,1H3,(H-,20,21,25,26)/p+1. The summed E-state index contributed by atoms with van der Waals surface area (Å²) in [5, 5.41) is 2.57. The average molecular weight is 490 g/mol. The summed E-state index contributed by atoms with van der Waals surface area (Å²) in [7, 11) is -0.521. The summed E-state index contributed by atoms with van der Waals surface area (Å²) in [6.07, 6.45) is -1.75. The Morgan fingerprint density at radius 2 is 2.00 bits per heavy atom. The second-order valence-electron chi connectivity index (χ2n) is 5.76. The van der Waals surface area contributed by atoms with Crippen molar-refractivity contribution in [3.8, 4) is 0 Å². The number of nitrogens with one attached hydrogen (secondary N) is 1. The number of halogens is 3. The molecule has 1 aromatic carbocycles. The number of β-lactam (4-membered cyclic amide) rings is 1. The van der Waals surface area contributed by atoms with Gasteiger partial charge in [0.15, 0.2) is 0 Å². The summed E-state index contributed by atoms with van der Waals surface area (Å²) in [6.45, 7) is 1.15. The van der Waals surface area contributed by atoms with Gasteiger partial charge in [0.05, 0.1) is 10.9 Å². The molecule has 1 aromatic rings. The lowest BCUT2D eigenvalue weighted by Crippen LogP contribution is -2.66. The van der Waals surface area contributed by atoms with E-state index in [-0.39, 0.29) is 11.3 Å². The minimum Gasteiger partial charge on any atom is -0.430 e. The van der Waals surface area contributed by atoms with Crippen molar-refractivity contribution in [3.63, 3.8) is 0 Å². The number of benzene rings is 1. The molecule has 1 aliphatic rings. The van der Waals surface area contributed by atoms with Crippen molar-refractivity contribution in [2.45, 2.75) is 27.9 Å². The Labute approximate surface area is 186 Å². The van der Waals surface area contributed by atoms with Crippen LogP contribution >= 0.6 is 59.6 Å². The summed E-state index contributed by atoms with van der Waals surface area (Å²) in [5.41, 5.74) is 1.08. The van der Waals surface area contributed by atoms with E-state index >= 15 is 0 Å². The highest BCUT2D eigenvalue weighted by atomic mass is 35.6. The Kier molecular flexibility index (Phi) is 8.39. The van der Waals surface area contributed by atoms with Crippen molar-refractivity contribution in [1.82, 2.24) is 5.32 Å². The highest BCUT2D eigenvalue weighted by Crippen LogP contribution is 2.32. The maximum Gasteiger partial charge on any atom is 0.508 e. The number of hydrogen-bond acceptors (Lipinski definition) is 5. The van der Waals surface area contributed by atoms with Crippen LogP contribution in [0.4, 0.5) is 4.79 Å². The topological polar surface area (TPSA) is 64.6 Å². The fourth-order valence-electron chi connectivity index (χ4n) is 2.49. The molecular formula is C16H17Cl3NO4S3+. The van der Waals surface area contributed by atoms with Crippen LogP contribution in [0.2, 0.25) is 0 Å². The van der Waals surface area contributed by atoms with Crippen LogP contribution < -0.4 is 5.32 Å². The molecule has 0 aliphatic carbocycles. The zero-order valence-electron chi connectivity index (χ0n) is 14.1. The Morgan fingerprint density at radius 1 is 1.37 bits per heavy atom. The summed E-state index contributed by atoms with van der Waals surface area (Å²) in [5.74, 6) is -0.158. The normalized spacial score (nSPS) is 21.4. The van der Waals surface area contributed by atoms with Gasteiger partial charge < -0.3 is 14.8 Å². The maximum atomic E-state index is 12.1. The van der Waals surface area contributed by atoms with E-state index in [0.717, 1.165) is 5.56 Å². The van der Waals surface area contributed by atoms with Crippen LogP contribution in [0.3, 0.4) is 0 Å². The molecule has 1 fully saturated rings. The summed E-state index contributed by atoms with van der Waals surface area (Å²) < 4.78 is 8.67. The van der Waals surface area contributed by atoms with Crippen LogP contribution in [0.1, 0.15) is 12.5 Å². The van der Waals surface area contributed by atoms with E-state index in [9.17, 15) is 9.59 Å². The van der Waals surface area contributed by atoms with E-state index < -0.39 is 39.5 Å². The van der Waals surface area contributed by atoms with Gasteiger partial charge in [-0.15, -0.1) is 0 Å². The van der Waals surface area contributed by atoms with Crippen LogP contribution in [-0.4, -0.2) is 37.5 Å². The Balaban J connectivity index is 2.01. The van der Waals surface area contributed by atoms with E-state index in [1.165, 1.54) is 0 Å². The third-order valence-corrected chi connectivity index (χ3v) is 7.54. The van der Waals surface area contributed by atoms with Gasteiger partial charge in [-0.1, -0.05) is 77.8 Å². The smallest absolute Gasteiger partial charge is 0.430 e. The summed E-state index contributed by atoms with van der Waals surface area (Å²) in [4.78, 5) is 23.9. The summed E-state index contributed by atoms with van der Waals surface area (Å²) >= 11 is 26.2. The van der Waals surface area contributed by atoms with Crippen molar-refractivity contribution in [1.29, 1.82) is 0 Å². The van der Waals surface area contributed by atoms with Crippen LogP contribution in [0.15, 0.2) is 30.3 Å². The zero-order chi connectivity index (χ0) is 20.2. The van der Waals surface area contributed by atoms with Crippen molar-refractivity contribution < 1.29 is 19.1 Å². The Bertz CT molecular complexity index is 702. The molecule has 27 heavy (non-hydrogen) atoms. The molecule has 2 rings (SSSR count). The van der Waals surface area contributed by atoms with E-state index in [1.807, 2.05) is 30.3 Å². The monoisotopic (exact) mass is 488 g/mol. The van der Waals surface area contributed by atoms with Crippen molar-refractivity contribution in [2.24, 2.45) is 5.92 Å². The van der Waals surface area contributed by atoms with Gasteiger partial charge in [0, 0.05) is 5.56 Å². The van der Waals surface area contributed by atoms with Gasteiger partial charge >= 0.3 is 6.16 Å². The highest BCUT2D eigenvalue weighted by Gasteiger charge is 2.55. The molecule has 0 saturated carbocycles. The highest BCUT2D eigenvalue weighted by molar-refractivity contribution is 8.39. The number of rotatable bonds is 6. The molecule has 4 atom stereocenters. The van der Waals surface area contributed by atoms with Crippen LogP contribution in [0, 0.1) is 5.92 Å². The van der Waals surface area contributed by atoms with E-state index in [0.29, 0.717) is 9.28 Å². The molecule has 0 radical (unpaired) electrons. The molecule has 1 saturated heterocycles. The largest absolute Gasteiger partial charge is 0.508 e. The number of thiocarbonyl (C=S) groups is 1. The molecule has 5 nitrogen and oxygen atoms in total. The first-order valence-electron chi connectivity index (χ1n) is 7.75. The average Bonchev–Trinajstić information content (AvgIpc) is 2.56. The molecule has 1 amide bonds. The fourth-order valence-corrected chi connectivity index (χ4v) is 5.70. The van der Waals surface area contributed by atoms with Gasteiger partial charge in [-0.2, -0.15) is 0 Å². The number of amides is 1.